The lowest BCUT2D eigenvalue weighted by Crippen LogP contribution is -2.37. The number of carbonyl (C=O) groups is 3. The van der Waals surface area contributed by atoms with E-state index in [4.69, 9.17) is 19.9 Å². The van der Waals surface area contributed by atoms with Crippen molar-refractivity contribution in [2.24, 2.45) is 17.6 Å². The van der Waals surface area contributed by atoms with Crippen LogP contribution in [0.4, 0.5) is 10.5 Å². The Morgan fingerprint density at radius 3 is 2.42 bits per heavy atom. The molecule has 2 bridgehead atoms. The molecule has 0 saturated carbocycles. The fourth-order valence-corrected chi connectivity index (χ4v) is 4.76. The summed E-state index contributed by atoms with van der Waals surface area (Å²) in [4.78, 5) is 36.3. The zero-order chi connectivity index (χ0) is 30.1. The highest BCUT2D eigenvalue weighted by atomic mass is 16.6. The number of aliphatic hydroxyl groups is 1. The molecular weight excluding hydrogens is 520 g/mol. The third-order valence-electron chi connectivity index (χ3n) is 6.99. The second kappa shape index (κ2) is 14.6. The Balaban J connectivity index is 2.66. The maximum Gasteiger partial charge on any atom is 0.405 e. The number of aldehydes is 1. The molecule has 11 heteroatoms. The largest absolute Gasteiger partial charge is 0.507 e. The molecule has 0 unspecified atom stereocenters. The van der Waals surface area contributed by atoms with Crippen molar-refractivity contribution < 1.29 is 43.9 Å². The van der Waals surface area contributed by atoms with E-state index in [-0.39, 0.29) is 40.5 Å². The van der Waals surface area contributed by atoms with E-state index in [9.17, 15) is 29.7 Å². The smallest absolute Gasteiger partial charge is 0.405 e. The van der Waals surface area contributed by atoms with Gasteiger partial charge in [-0.05, 0) is 38.2 Å². The normalized spacial score (nSPS) is 30.2. The molecule has 0 aromatic heterocycles. The molecular formula is C29H40N2O9. The molecule has 0 spiro atoms. The Kier molecular flexibility index (Phi) is 11.9. The summed E-state index contributed by atoms with van der Waals surface area (Å²) in [5, 5.41) is 35.2. The van der Waals surface area contributed by atoms with Crippen LogP contribution in [0.1, 0.15) is 50.0 Å². The number of benzene rings is 1. The molecule has 1 aromatic rings. The summed E-state index contributed by atoms with van der Waals surface area (Å²) >= 11 is 0. The molecule has 6 atom stereocenters. The Hall–Kier alpha value is -3.67. The number of aliphatic hydroxyl groups excluding tert-OH is 1. The molecule has 0 saturated heterocycles. The molecule has 0 radical (unpaired) electrons. The van der Waals surface area contributed by atoms with Crippen LogP contribution in [0.2, 0.25) is 0 Å². The molecule has 1 heterocycles. The second-order valence-electron chi connectivity index (χ2n) is 10.1. The van der Waals surface area contributed by atoms with Gasteiger partial charge >= 0.3 is 6.09 Å². The van der Waals surface area contributed by atoms with Crippen LogP contribution in [-0.4, -0.2) is 72.2 Å². The van der Waals surface area contributed by atoms with Gasteiger partial charge < -0.3 is 40.6 Å². The minimum Gasteiger partial charge on any atom is -0.507 e. The minimum absolute atomic E-state index is 0.0635. The lowest BCUT2D eigenvalue weighted by molar-refractivity contribution is -0.112. The van der Waals surface area contributed by atoms with Crippen LogP contribution in [0.15, 0.2) is 41.5 Å². The standard InChI is InChI=1S/C29H40N2O9/c1-15-10-19-20(14-32)22(33)13-21(26(19)35)31-28(36)16(2)8-7-9-23(38-5)27(40-29(30)37)18(4)12-17(3)25(34)24(11-15)39-6/h7-9,12-15,17,23-25,27,33-35H,10-11H2,1-6H3,(H2,30,37)(H,31,36)/b9-7-,16-8-,18-12-/t15-,17+,23+,24+,25-,27+/m1/s1. The van der Waals surface area contributed by atoms with Crippen LogP contribution in [0, 0.1) is 11.8 Å². The number of anilines is 1. The predicted octanol–water partition coefficient (Wildman–Crippen LogP) is 3.37. The number of primary amides is 1. The van der Waals surface area contributed by atoms with Gasteiger partial charge in [-0.15, -0.1) is 0 Å². The summed E-state index contributed by atoms with van der Waals surface area (Å²) in [6, 6.07) is 1.11. The first-order valence-corrected chi connectivity index (χ1v) is 12.9. The number of methoxy groups -OCH3 is 2. The van der Waals surface area contributed by atoms with Crippen molar-refractivity contribution in [3.63, 3.8) is 0 Å². The highest BCUT2D eigenvalue weighted by Gasteiger charge is 2.30. The van der Waals surface area contributed by atoms with Crippen molar-refractivity contribution in [1.29, 1.82) is 0 Å². The van der Waals surface area contributed by atoms with Crippen molar-refractivity contribution in [2.75, 3.05) is 19.5 Å². The molecule has 40 heavy (non-hydrogen) atoms. The van der Waals surface area contributed by atoms with Crippen LogP contribution < -0.4 is 11.1 Å². The number of ether oxygens (including phenoxy) is 3. The Morgan fingerprint density at radius 1 is 1.18 bits per heavy atom. The topological polar surface area (TPSA) is 178 Å². The number of fused-ring (bicyclic) bond motifs is 2. The number of hydrogen-bond acceptors (Lipinski definition) is 9. The molecule has 1 aromatic carbocycles. The van der Waals surface area contributed by atoms with Gasteiger partial charge in [-0.3, -0.25) is 9.59 Å². The molecule has 0 aliphatic carbocycles. The Labute approximate surface area is 234 Å². The third-order valence-corrected chi connectivity index (χ3v) is 6.99. The number of nitrogens with one attached hydrogen (secondary N) is 1. The lowest BCUT2D eigenvalue weighted by atomic mass is 9.87. The monoisotopic (exact) mass is 560 g/mol. The molecule has 11 nitrogen and oxygen atoms in total. The zero-order valence-corrected chi connectivity index (χ0v) is 23.7. The van der Waals surface area contributed by atoms with E-state index in [1.54, 1.807) is 39.0 Å². The number of rotatable bonds is 4. The second-order valence-corrected chi connectivity index (χ2v) is 10.1. The van der Waals surface area contributed by atoms with Gasteiger partial charge in [0.05, 0.1) is 23.5 Å². The average Bonchev–Trinajstić information content (AvgIpc) is 2.90. The number of allylic oxidation sites excluding steroid dienone is 2. The third kappa shape index (κ3) is 8.17. The fourth-order valence-electron chi connectivity index (χ4n) is 4.76. The van der Waals surface area contributed by atoms with Crippen molar-refractivity contribution in [3.8, 4) is 11.5 Å². The first-order chi connectivity index (χ1) is 18.8. The maximum atomic E-state index is 12.9. The average molecular weight is 561 g/mol. The van der Waals surface area contributed by atoms with Crippen LogP contribution in [-0.2, 0) is 25.4 Å². The van der Waals surface area contributed by atoms with Gasteiger partial charge in [0.1, 0.15) is 17.6 Å². The molecule has 1 aliphatic rings. The van der Waals surface area contributed by atoms with Gasteiger partial charge in [-0.1, -0.05) is 38.2 Å². The summed E-state index contributed by atoms with van der Waals surface area (Å²) in [6.07, 6.45) is 2.97. The quantitative estimate of drug-likeness (QED) is 0.160. The number of nitrogens with two attached hydrogens (primary N) is 1. The minimum atomic E-state index is -1.01. The first kappa shape index (κ1) is 32.5. The lowest BCUT2D eigenvalue weighted by Gasteiger charge is -2.29. The molecule has 2 amide bonds. The van der Waals surface area contributed by atoms with E-state index in [0.717, 1.165) is 6.07 Å². The van der Waals surface area contributed by atoms with E-state index in [1.165, 1.54) is 20.3 Å². The van der Waals surface area contributed by atoms with E-state index in [2.05, 4.69) is 5.32 Å². The van der Waals surface area contributed by atoms with Crippen LogP contribution in [0.3, 0.4) is 0 Å². The van der Waals surface area contributed by atoms with Crippen LogP contribution in [0.25, 0.3) is 0 Å². The number of carbonyl (C=O) groups excluding carboxylic acids is 3. The summed E-state index contributed by atoms with van der Waals surface area (Å²) in [5.74, 6) is -1.98. The zero-order valence-electron chi connectivity index (χ0n) is 23.7. The van der Waals surface area contributed by atoms with E-state index < -0.39 is 48.1 Å². The van der Waals surface area contributed by atoms with Crippen molar-refractivity contribution in [2.45, 2.75) is 65.0 Å². The van der Waals surface area contributed by atoms with E-state index in [1.807, 2.05) is 6.92 Å². The van der Waals surface area contributed by atoms with E-state index >= 15 is 0 Å². The van der Waals surface area contributed by atoms with Crippen LogP contribution >= 0.6 is 0 Å². The predicted molar refractivity (Wildman–Crippen MR) is 149 cm³/mol. The number of phenols is 2. The Morgan fingerprint density at radius 2 is 1.85 bits per heavy atom. The number of hydrogen-bond donors (Lipinski definition) is 5. The molecule has 220 valence electrons. The van der Waals surface area contributed by atoms with Gasteiger partial charge in [0.15, 0.2) is 12.4 Å². The summed E-state index contributed by atoms with van der Waals surface area (Å²) in [7, 11) is 2.89. The molecule has 1 aliphatic heterocycles. The molecule has 0 fully saturated rings. The van der Waals surface area contributed by atoms with Crippen molar-refractivity contribution in [3.05, 3.63) is 52.6 Å². The highest BCUT2D eigenvalue weighted by Crippen LogP contribution is 2.38. The van der Waals surface area contributed by atoms with Gasteiger partial charge in [0.25, 0.3) is 5.91 Å². The summed E-state index contributed by atoms with van der Waals surface area (Å²) in [5.41, 5.74) is 6.16. The van der Waals surface area contributed by atoms with Gasteiger partial charge in [-0.2, -0.15) is 0 Å². The summed E-state index contributed by atoms with van der Waals surface area (Å²) < 4.78 is 16.5. The molecule has 6 N–H and O–H groups in total. The highest BCUT2D eigenvalue weighted by molar-refractivity contribution is 6.05. The number of amides is 2. The van der Waals surface area contributed by atoms with Gasteiger partial charge in [0.2, 0.25) is 0 Å². The van der Waals surface area contributed by atoms with Crippen molar-refractivity contribution in [1.82, 2.24) is 0 Å². The first-order valence-electron chi connectivity index (χ1n) is 12.9. The fraction of sp³-hybridized carbons (Fsp3) is 0.483. The van der Waals surface area contributed by atoms with E-state index in [0.29, 0.717) is 18.3 Å². The summed E-state index contributed by atoms with van der Waals surface area (Å²) in [6.45, 7) is 6.90. The van der Waals surface area contributed by atoms with Crippen molar-refractivity contribution >= 4 is 24.0 Å². The number of aromatic hydroxyl groups is 2. The number of phenolic OH excluding ortho intramolecular Hbond substituents is 2. The maximum absolute atomic E-state index is 12.9. The SMILES string of the molecule is CO[C@H]1/C=C\C=C(\C)C(=O)Nc2cc(O)c(C=O)c(c2O)C[C@@H](C)C[C@H](OC)[C@H](O)[C@@H](C)/C=C(/C)[C@@H]1OC(N)=O. The molecule has 2 rings (SSSR count). The Bertz CT molecular complexity index is 1170. The van der Waals surface area contributed by atoms with Gasteiger partial charge in [0, 0.05) is 37.3 Å². The van der Waals surface area contributed by atoms with Crippen LogP contribution in [0.5, 0.6) is 11.5 Å². The van der Waals surface area contributed by atoms with Gasteiger partial charge in [-0.25, -0.2) is 4.79 Å².